The Morgan fingerprint density at radius 1 is 1.05 bits per heavy atom. The van der Waals surface area contributed by atoms with Crippen molar-refractivity contribution in [3.05, 3.63) is 48.0 Å². The summed E-state index contributed by atoms with van der Waals surface area (Å²) < 4.78 is 0. The number of nitrogens with one attached hydrogen (secondary N) is 1. The first kappa shape index (κ1) is 15.0. The van der Waals surface area contributed by atoms with Gasteiger partial charge in [-0.05, 0) is 36.4 Å². The van der Waals surface area contributed by atoms with Crippen LogP contribution in [0.25, 0.3) is 0 Å². The van der Waals surface area contributed by atoms with Crippen LogP contribution in [0.1, 0.15) is 5.56 Å². The van der Waals surface area contributed by atoms with Crippen molar-refractivity contribution < 1.29 is 10.2 Å². The van der Waals surface area contributed by atoms with Crippen LogP contribution in [0, 0.1) is 0 Å². The lowest BCUT2D eigenvalue weighted by Crippen LogP contribution is -2.39. The molecule has 0 radical (unpaired) electrons. The molecular weight excluding hydrogens is 268 g/mol. The molecule has 6 nitrogen and oxygen atoms in total. The van der Waals surface area contributed by atoms with E-state index in [4.69, 9.17) is 16.6 Å². The molecule has 0 spiro atoms. The molecule has 2 aromatic rings. The van der Waals surface area contributed by atoms with Crippen molar-refractivity contribution >= 4 is 17.1 Å². The number of hydrazine groups is 1. The number of phenols is 1. The Labute approximate surface area is 123 Å². The Kier molecular flexibility index (Phi) is 4.86. The number of nitrogens with two attached hydrogens (primary N) is 2. The van der Waals surface area contributed by atoms with Crippen LogP contribution in [0.15, 0.2) is 42.5 Å². The first-order valence-corrected chi connectivity index (χ1v) is 6.65. The van der Waals surface area contributed by atoms with Gasteiger partial charge in [0.15, 0.2) is 0 Å². The van der Waals surface area contributed by atoms with Gasteiger partial charge in [-0.2, -0.15) is 0 Å². The SMILES string of the molecule is Nc1ccc(N(Cc2c(N)cccc2O)NCCO)cc1. The molecule has 0 saturated heterocycles. The first-order valence-electron chi connectivity index (χ1n) is 6.65. The summed E-state index contributed by atoms with van der Waals surface area (Å²) in [7, 11) is 0. The summed E-state index contributed by atoms with van der Waals surface area (Å²) in [4.78, 5) is 0. The largest absolute Gasteiger partial charge is 0.508 e. The lowest BCUT2D eigenvalue weighted by atomic mass is 10.1. The van der Waals surface area contributed by atoms with Crippen molar-refractivity contribution in [1.29, 1.82) is 0 Å². The van der Waals surface area contributed by atoms with E-state index in [2.05, 4.69) is 5.43 Å². The van der Waals surface area contributed by atoms with Crippen LogP contribution in [0.3, 0.4) is 0 Å². The average Bonchev–Trinajstić information content (AvgIpc) is 2.47. The summed E-state index contributed by atoms with van der Waals surface area (Å²) in [5.74, 6) is 0.140. The van der Waals surface area contributed by atoms with Crippen molar-refractivity contribution in [2.75, 3.05) is 29.6 Å². The number of anilines is 3. The van der Waals surface area contributed by atoms with E-state index in [0.29, 0.717) is 30.0 Å². The van der Waals surface area contributed by atoms with E-state index in [1.54, 1.807) is 35.3 Å². The monoisotopic (exact) mass is 288 g/mol. The van der Waals surface area contributed by atoms with Gasteiger partial charge >= 0.3 is 0 Å². The maximum absolute atomic E-state index is 9.95. The molecule has 0 aromatic heterocycles. The second kappa shape index (κ2) is 6.83. The highest BCUT2D eigenvalue weighted by Crippen LogP contribution is 2.26. The Hall–Kier alpha value is -2.44. The third kappa shape index (κ3) is 3.77. The molecule has 6 heteroatoms. The van der Waals surface area contributed by atoms with E-state index in [-0.39, 0.29) is 12.4 Å². The number of aliphatic hydroxyl groups is 1. The van der Waals surface area contributed by atoms with Crippen LogP contribution in [0.5, 0.6) is 5.75 Å². The van der Waals surface area contributed by atoms with Crippen LogP contribution < -0.4 is 21.9 Å². The van der Waals surface area contributed by atoms with Gasteiger partial charge < -0.3 is 26.7 Å². The molecular formula is C15H20N4O2. The van der Waals surface area contributed by atoms with Crippen LogP contribution in [0.2, 0.25) is 0 Å². The molecule has 0 bridgehead atoms. The van der Waals surface area contributed by atoms with E-state index in [0.717, 1.165) is 5.69 Å². The molecule has 112 valence electrons. The quantitative estimate of drug-likeness (QED) is 0.402. The molecule has 2 aromatic carbocycles. The topological polar surface area (TPSA) is 108 Å². The highest BCUT2D eigenvalue weighted by molar-refractivity contribution is 5.58. The summed E-state index contributed by atoms with van der Waals surface area (Å²) in [5.41, 5.74) is 17.4. The second-order valence-corrected chi connectivity index (χ2v) is 4.65. The molecule has 0 heterocycles. The van der Waals surface area contributed by atoms with Crippen LogP contribution in [-0.4, -0.2) is 23.4 Å². The minimum absolute atomic E-state index is 0.00171. The maximum Gasteiger partial charge on any atom is 0.122 e. The van der Waals surface area contributed by atoms with E-state index >= 15 is 0 Å². The van der Waals surface area contributed by atoms with Crippen LogP contribution >= 0.6 is 0 Å². The number of rotatable bonds is 6. The second-order valence-electron chi connectivity index (χ2n) is 4.65. The molecule has 0 saturated carbocycles. The zero-order chi connectivity index (χ0) is 15.2. The summed E-state index contributed by atoms with van der Waals surface area (Å²) >= 11 is 0. The minimum atomic E-state index is 0.00171. The van der Waals surface area contributed by atoms with Crippen molar-refractivity contribution in [3.8, 4) is 5.75 Å². The van der Waals surface area contributed by atoms with Gasteiger partial charge in [-0.25, -0.2) is 5.43 Å². The number of nitrogen functional groups attached to an aromatic ring is 2. The molecule has 21 heavy (non-hydrogen) atoms. The van der Waals surface area contributed by atoms with Crippen LogP contribution in [-0.2, 0) is 6.54 Å². The van der Waals surface area contributed by atoms with Gasteiger partial charge in [-0.1, -0.05) is 6.07 Å². The van der Waals surface area contributed by atoms with Gasteiger partial charge in [0, 0.05) is 23.5 Å². The molecule has 0 aliphatic carbocycles. The average molecular weight is 288 g/mol. The zero-order valence-corrected chi connectivity index (χ0v) is 11.7. The van der Waals surface area contributed by atoms with Crippen molar-refractivity contribution in [2.24, 2.45) is 0 Å². The Balaban J connectivity index is 2.26. The van der Waals surface area contributed by atoms with Gasteiger partial charge in [0.25, 0.3) is 0 Å². The molecule has 7 N–H and O–H groups in total. The third-order valence-electron chi connectivity index (χ3n) is 3.12. The summed E-state index contributed by atoms with van der Waals surface area (Å²) in [5, 5.41) is 20.8. The molecule has 0 fully saturated rings. The maximum atomic E-state index is 9.95. The number of phenolic OH excluding ortho intramolecular Hbond substituents is 1. The molecule has 0 unspecified atom stereocenters. The molecule has 0 atom stereocenters. The lowest BCUT2D eigenvalue weighted by Gasteiger charge is -2.26. The van der Waals surface area contributed by atoms with Crippen molar-refractivity contribution in [3.63, 3.8) is 0 Å². The highest BCUT2D eigenvalue weighted by Gasteiger charge is 2.12. The standard InChI is InChI=1S/C15H20N4O2/c16-11-4-6-12(7-5-11)19(18-8-9-20)10-13-14(17)2-1-3-15(13)21/h1-7,18,20-21H,8-10,16-17H2. The van der Waals surface area contributed by atoms with E-state index in [9.17, 15) is 5.11 Å². The molecule has 0 amide bonds. The number of hydrogen-bond acceptors (Lipinski definition) is 6. The van der Waals surface area contributed by atoms with Gasteiger partial charge in [-0.3, -0.25) is 0 Å². The predicted molar refractivity (Wildman–Crippen MR) is 84.6 cm³/mol. The smallest absolute Gasteiger partial charge is 0.122 e. The van der Waals surface area contributed by atoms with E-state index in [1.807, 2.05) is 12.1 Å². The number of benzene rings is 2. The van der Waals surface area contributed by atoms with Gasteiger partial charge in [0.2, 0.25) is 0 Å². The molecule has 2 rings (SSSR count). The van der Waals surface area contributed by atoms with Crippen LogP contribution in [0.4, 0.5) is 17.1 Å². The van der Waals surface area contributed by atoms with E-state index in [1.165, 1.54) is 0 Å². The Morgan fingerprint density at radius 3 is 2.38 bits per heavy atom. The first-order chi connectivity index (χ1) is 10.1. The number of hydrogen-bond donors (Lipinski definition) is 5. The fourth-order valence-electron chi connectivity index (χ4n) is 2.00. The Bertz CT molecular complexity index is 566. The normalized spacial score (nSPS) is 10.5. The fraction of sp³-hybridized carbons (Fsp3) is 0.200. The summed E-state index contributed by atoms with van der Waals surface area (Å²) in [6.07, 6.45) is 0. The van der Waals surface area contributed by atoms with Crippen molar-refractivity contribution in [1.82, 2.24) is 5.43 Å². The van der Waals surface area contributed by atoms with Gasteiger partial charge in [0.05, 0.1) is 18.8 Å². The third-order valence-corrected chi connectivity index (χ3v) is 3.12. The van der Waals surface area contributed by atoms with E-state index < -0.39 is 0 Å². The number of aromatic hydroxyl groups is 1. The summed E-state index contributed by atoms with van der Waals surface area (Å²) in [6, 6.07) is 12.3. The molecule has 0 aliphatic heterocycles. The molecule has 0 aliphatic rings. The summed E-state index contributed by atoms with van der Waals surface area (Å²) in [6.45, 7) is 0.752. The highest BCUT2D eigenvalue weighted by atomic mass is 16.3. The minimum Gasteiger partial charge on any atom is -0.508 e. The zero-order valence-electron chi connectivity index (χ0n) is 11.7. The fourth-order valence-corrected chi connectivity index (χ4v) is 2.00. The van der Waals surface area contributed by atoms with Gasteiger partial charge in [0.1, 0.15) is 5.75 Å². The number of aliphatic hydroxyl groups excluding tert-OH is 1. The predicted octanol–water partition coefficient (Wildman–Crippen LogP) is 1.06. The Morgan fingerprint density at radius 2 is 1.76 bits per heavy atom. The lowest BCUT2D eigenvalue weighted by molar-refractivity contribution is 0.290. The number of nitrogens with zero attached hydrogens (tertiary/aromatic N) is 1. The van der Waals surface area contributed by atoms with Gasteiger partial charge in [-0.15, -0.1) is 0 Å². The van der Waals surface area contributed by atoms with Crippen molar-refractivity contribution in [2.45, 2.75) is 6.54 Å².